The minimum Gasteiger partial charge on any atom is -0.486 e. The molecule has 0 saturated carbocycles. The van der Waals surface area contributed by atoms with Crippen LogP contribution in [0, 0.1) is 0 Å². The lowest BCUT2D eigenvalue weighted by Gasteiger charge is -2.06. The molecule has 7 nitrogen and oxygen atoms in total. The molecule has 0 atom stereocenters. The predicted molar refractivity (Wildman–Crippen MR) is 116 cm³/mol. The average molecular weight is 412 g/mol. The standard InChI is InChI=1S/C24H20N4O3/c29-24(25-13-12-23-27-26-22-7-3-4-14-28(22)23)21-11-10-20(31-21)16-30-19-9-8-17-5-1-2-6-18(17)15-19/h1-11,14-15H,12-13,16H2,(H,25,29). The van der Waals surface area contributed by atoms with E-state index >= 15 is 0 Å². The normalized spacial score (nSPS) is 11.1. The molecule has 0 bridgehead atoms. The van der Waals surface area contributed by atoms with Crippen molar-refractivity contribution in [1.82, 2.24) is 19.9 Å². The van der Waals surface area contributed by atoms with Crippen molar-refractivity contribution in [2.45, 2.75) is 13.0 Å². The molecular weight excluding hydrogens is 392 g/mol. The Hall–Kier alpha value is -4.13. The van der Waals surface area contributed by atoms with Gasteiger partial charge in [0.2, 0.25) is 0 Å². The second kappa shape index (κ2) is 8.31. The number of nitrogens with zero attached hydrogens (tertiary/aromatic N) is 3. The van der Waals surface area contributed by atoms with Crippen LogP contribution in [0.3, 0.4) is 0 Å². The van der Waals surface area contributed by atoms with Crippen LogP contribution in [0.4, 0.5) is 0 Å². The Labute approximate surface area is 178 Å². The molecule has 0 radical (unpaired) electrons. The quantitative estimate of drug-likeness (QED) is 0.437. The molecule has 0 spiro atoms. The first kappa shape index (κ1) is 18.9. The van der Waals surface area contributed by atoms with Crippen molar-refractivity contribution >= 4 is 22.3 Å². The number of benzene rings is 2. The van der Waals surface area contributed by atoms with Crippen LogP contribution in [0.5, 0.6) is 5.75 Å². The number of carbonyl (C=O) groups is 1. The SMILES string of the molecule is O=C(NCCc1nnc2ccccn12)c1ccc(COc2ccc3ccccc3c2)o1. The Kier molecular flexibility index (Phi) is 5.06. The van der Waals surface area contributed by atoms with E-state index in [-0.39, 0.29) is 18.3 Å². The van der Waals surface area contributed by atoms with Gasteiger partial charge in [-0.2, -0.15) is 0 Å². The van der Waals surface area contributed by atoms with Gasteiger partial charge in [-0.15, -0.1) is 10.2 Å². The van der Waals surface area contributed by atoms with Gasteiger partial charge in [-0.05, 0) is 47.2 Å². The van der Waals surface area contributed by atoms with E-state index in [0.717, 1.165) is 28.0 Å². The smallest absolute Gasteiger partial charge is 0.287 e. The lowest BCUT2D eigenvalue weighted by atomic mass is 10.1. The third-order valence-corrected chi connectivity index (χ3v) is 5.01. The Bertz CT molecular complexity index is 1360. The molecule has 31 heavy (non-hydrogen) atoms. The molecule has 2 aromatic carbocycles. The molecule has 3 aromatic heterocycles. The van der Waals surface area contributed by atoms with Crippen LogP contribution in [0.15, 0.2) is 83.4 Å². The van der Waals surface area contributed by atoms with Gasteiger partial charge in [0.25, 0.3) is 5.91 Å². The molecule has 154 valence electrons. The van der Waals surface area contributed by atoms with Crippen LogP contribution in [0.2, 0.25) is 0 Å². The number of furan rings is 1. The van der Waals surface area contributed by atoms with Gasteiger partial charge in [0.05, 0.1) is 0 Å². The lowest BCUT2D eigenvalue weighted by Crippen LogP contribution is -2.25. The fourth-order valence-electron chi connectivity index (χ4n) is 3.43. The highest BCUT2D eigenvalue weighted by atomic mass is 16.5. The van der Waals surface area contributed by atoms with E-state index in [0.29, 0.717) is 18.7 Å². The van der Waals surface area contributed by atoms with Gasteiger partial charge in [-0.25, -0.2) is 0 Å². The van der Waals surface area contributed by atoms with Gasteiger partial charge in [-0.3, -0.25) is 9.20 Å². The number of pyridine rings is 1. The number of aromatic nitrogens is 3. The van der Waals surface area contributed by atoms with Crippen molar-refractivity contribution in [3.8, 4) is 5.75 Å². The summed E-state index contributed by atoms with van der Waals surface area (Å²) in [6.07, 6.45) is 2.47. The zero-order chi connectivity index (χ0) is 21.0. The average Bonchev–Trinajstić information content (AvgIpc) is 3.45. The summed E-state index contributed by atoms with van der Waals surface area (Å²) in [5.41, 5.74) is 0.783. The van der Waals surface area contributed by atoms with E-state index < -0.39 is 0 Å². The Morgan fingerprint density at radius 2 is 1.84 bits per heavy atom. The maximum Gasteiger partial charge on any atom is 0.287 e. The van der Waals surface area contributed by atoms with E-state index in [2.05, 4.69) is 21.6 Å². The molecule has 0 aliphatic heterocycles. The maximum absolute atomic E-state index is 12.4. The largest absolute Gasteiger partial charge is 0.486 e. The maximum atomic E-state index is 12.4. The number of carbonyl (C=O) groups excluding carboxylic acids is 1. The molecule has 0 saturated heterocycles. The van der Waals surface area contributed by atoms with Crippen molar-refractivity contribution in [1.29, 1.82) is 0 Å². The fraction of sp³-hybridized carbons (Fsp3) is 0.125. The molecule has 0 aliphatic rings. The van der Waals surface area contributed by atoms with Crippen LogP contribution >= 0.6 is 0 Å². The van der Waals surface area contributed by atoms with Crippen LogP contribution in [-0.2, 0) is 13.0 Å². The summed E-state index contributed by atoms with van der Waals surface area (Å²) in [5, 5.41) is 13.4. The number of rotatable bonds is 7. The van der Waals surface area contributed by atoms with Crippen LogP contribution in [-0.4, -0.2) is 27.0 Å². The molecule has 5 rings (SSSR count). The monoisotopic (exact) mass is 412 g/mol. The zero-order valence-electron chi connectivity index (χ0n) is 16.7. The molecule has 0 unspecified atom stereocenters. The summed E-state index contributed by atoms with van der Waals surface area (Å²) in [5.74, 6) is 2.11. The van der Waals surface area contributed by atoms with Gasteiger partial charge in [0.15, 0.2) is 11.4 Å². The highest BCUT2D eigenvalue weighted by Gasteiger charge is 2.12. The third kappa shape index (κ3) is 4.11. The summed E-state index contributed by atoms with van der Waals surface area (Å²) >= 11 is 0. The van der Waals surface area contributed by atoms with Crippen molar-refractivity contribution in [3.05, 3.63) is 96.3 Å². The molecule has 0 aliphatic carbocycles. The summed E-state index contributed by atoms with van der Waals surface area (Å²) in [7, 11) is 0. The number of ether oxygens (including phenoxy) is 1. The highest BCUT2D eigenvalue weighted by Crippen LogP contribution is 2.21. The molecule has 3 heterocycles. The van der Waals surface area contributed by atoms with Crippen LogP contribution in [0.25, 0.3) is 16.4 Å². The van der Waals surface area contributed by atoms with E-state index in [4.69, 9.17) is 9.15 Å². The van der Waals surface area contributed by atoms with E-state index in [1.165, 1.54) is 0 Å². The summed E-state index contributed by atoms with van der Waals surface area (Å²) < 4.78 is 13.4. The number of nitrogens with one attached hydrogen (secondary N) is 1. The first-order valence-corrected chi connectivity index (χ1v) is 10.0. The first-order valence-electron chi connectivity index (χ1n) is 10.0. The third-order valence-electron chi connectivity index (χ3n) is 5.01. The van der Waals surface area contributed by atoms with E-state index in [1.807, 2.05) is 65.2 Å². The molecule has 7 heteroatoms. The molecular formula is C24H20N4O3. The van der Waals surface area contributed by atoms with Gasteiger partial charge >= 0.3 is 0 Å². The first-order chi connectivity index (χ1) is 15.3. The predicted octanol–water partition coefficient (Wildman–Crippen LogP) is 4.03. The van der Waals surface area contributed by atoms with Crippen molar-refractivity contribution in [2.24, 2.45) is 0 Å². The van der Waals surface area contributed by atoms with Crippen molar-refractivity contribution in [2.75, 3.05) is 6.54 Å². The molecule has 0 fully saturated rings. The van der Waals surface area contributed by atoms with E-state index in [1.54, 1.807) is 12.1 Å². The van der Waals surface area contributed by atoms with Crippen molar-refractivity contribution in [3.63, 3.8) is 0 Å². The minimum absolute atomic E-state index is 0.247. The highest BCUT2D eigenvalue weighted by molar-refractivity contribution is 5.91. The molecule has 1 amide bonds. The topological polar surface area (TPSA) is 81.7 Å². The van der Waals surface area contributed by atoms with Crippen LogP contribution < -0.4 is 10.1 Å². The Morgan fingerprint density at radius 3 is 2.77 bits per heavy atom. The second-order valence-corrected chi connectivity index (χ2v) is 7.11. The Morgan fingerprint density at radius 1 is 0.968 bits per heavy atom. The van der Waals surface area contributed by atoms with Gasteiger partial charge in [0, 0.05) is 19.2 Å². The minimum atomic E-state index is -0.272. The van der Waals surface area contributed by atoms with Gasteiger partial charge < -0.3 is 14.5 Å². The number of fused-ring (bicyclic) bond motifs is 2. The Balaban J connectivity index is 1.15. The van der Waals surface area contributed by atoms with Crippen molar-refractivity contribution < 1.29 is 13.9 Å². The number of hydrogen-bond donors (Lipinski definition) is 1. The molecule has 1 N–H and O–H groups in total. The second-order valence-electron chi connectivity index (χ2n) is 7.11. The number of hydrogen-bond acceptors (Lipinski definition) is 5. The zero-order valence-corrected chi connectivity index (χ0v) is 16.7. The number of amides is 1. The summed E-state index contributed by atoms with van der Waals surface area (Å²) in [6.45, 7) is 0.676. The summed E-state index contributed by atoms with van der Waals surface area (Å²) in [4.78, 5) is 12.4. The summed E-state index contributed by atoms with van der Waals surface area (Å²) in [6, 6.07) is 23.2. The van der Waals surface area contributed by atoms with Gasteiger partial charge in [0.1, 0.15) is 23.9 Å². The molecule has 5 aromatic rings. The van der Waals surface area contributed by atoms with E-state index in [9.17, 15) is 4.79 Å². The fourth-order valence-corrected chi connectivity index (χ4v) is 3.43. The van der Waals surface area contributed by atoms with Gasteiger partial charge in [-0.1, -0.05) is 36.4 Å². The van der Waals surface area contributed by atoms with Crippen LogP contribution in [0.1, 0.15) is 22.1 Å². The lowest BCUT2D eigenvalue weighted by molar-refractivity contribution is 0.0922.